The van der Waals surface area contributed by atoms with Gasteiger partial charge in [-0.1, -0.05) is 19.3 Å². The first-order valence-corrected chi connectivity index (χ1v) is 11.0. The fourth-order valence-corrected chi connectivity index (χ4v) is 4.71. The number of ether oxygens (including phenoxy) is 1. The lowest BCUT2D eigenvalue weighted by atomic mass is 9.94. The highest BCUT2D eigenvalue weighted by Crippen LogP contribution is 2.31. The molecule has 3 amide bonds. The van der Waals surface area contributed by atoms with Crippen LogP contribution in [0.2, 0.25) is 0 Å². The highest BCUT2D eigenvalue weighted by Gasteiger charge is 2.40. The van der Waals surface area contributed by atoms with Crippen molar-refractivity contribution >= 4 is 23.7 Å². The average molecular weight is 412 g/mol. The van der Waals surface area contributed by atoms with E-state index < -0.39 is 12.1 Å². The van der Waals surface area contributed by atoms with Crippen molar-refractivity contribution in [1.29, 1.82) is 0 Å². The molecule has 0 bridgehead atoms. The maximum absolute atomic E-state index is 12.9. The van der Waals surface area contributed by atoms with Crippen LogP contribution in [0.15, 0.2) is 18.2 Å². The molecule has 2 aliphatic heterocycles. The quantitative estimate of drug-likeness (QED) is 0.560. The van der Waals surface area contributed by atoms with Crippen LogP contribution in [0, 0.1) is 0 Å². The molecule has 2 fully saturated rings. The summed E-state index contributed by atoms with van der Waals surface area (Å²) in [6.07, 6.45) is 6.96. The number of benzene rings is 1. The van der Waals surface area contributed by atoms with Crippen LogP contribution in [0.5, 0.6) is 0 Å². The summed E-state index contributed by atoms with van der Waals surface area (Å²) in [6, 6.07) is 4.38. The van der Waals surface area contributed by atoms with Crippen molar-refractivity contribution in [2.24, 2.45) is 0 Å². The van der Waals surface area contributed by atoms with Crippen LogP contribution in [0.3, 0.4) is 0 Å². The lowest BCUT2D eigenvalue weighted by molar-refractivity contribution is -0.140. The van der Waals surface area contributed by atoms with Crippen molar-refractivity contribution in [3.8, 4) is 0 Å². The fraction of sp³-hybridized carbons (Fsp3) is 0.565. The van der Waals surface area contributed by atoms with Crippen molar-refractivity contribution in [3.63, 3.8) is 0 Å². The van der Waals surface area contributed by atoms with Crippen molar-refractivity contribution in [2.45, 2.75) is 70.4 Å². The predicted octanol–water partition coefficient (Wildman–Crippen LogP) is 3.17. The first kappa shape index (κ1) is 20.6. The predicted molar refractivity (Wildman–Crippen MR) is 109 cm³/mol. The summed E-state index contributed by atoms with van der Waals surface area (Å²) in [5.41, 5.74) is 0.758. The Labute approximate surface area is 176 Å². The van der Waals surface area contributed by atoms with Gasteiger partial charge in [0.1, 0.15) is 0 Å². The lowest BCUT2D eigenvalue weighted by Crippen LogP contribution is -2.42. The van der Waals surface area contributed by atoms with Crippen LogP contribution in [0.25, 0.3) is 0 Å². The zero-order chi connectivity index (χ0) is 21.3. The Morgan fingerprint density at radius 1 is 0.933 bits per heavy atom. The number of hydrogen-bond donors (Lipinski definition) is 0. The van der Waals surface area contributed by atoms with Crippen LogP contribution >= 0.6 is 0 Å². The molecule has 2 heterocycles. The highest BCUT2D eigenvalue weighted by atomic mass is 16.5. The molecule has 7 nitrogen and oxygen atoms in total. The van der Waals surface area contributed by atoms with Gasteiger partial charge in [0, 0.05) is 19.1 Å². The average Bonchev–Trinajstić information content (AvgIpc) is 3.03. The third kappa shape index (κ3) is 3.85. The Morgan fingerprint density at radius 3 is 2.27 bits per heavy atom. The van der Waals surface area contributed by atoms with Gasteiger partial charge >= 0.3 is 5.97 Å². The number of hydrogen-bond acceptors (Lipinski definition) is 5. The number of carbonyl (C=O) groups is 4. The molecule has 0 aromatic heterocycles. The second-order valence-electron chi connectivity index (χ2n) is 8.47. The van der Waals surface area contributed by atoms with E-state index in [2.05, 4.69) is 0 Å². The van der Waals surface area contributed by atoms with E-state index in [1.54, 1.807) is 11.8 Å². The van der Waals surface area contributed by atoms with E-state index in [9.17, 15) is 19.2 Å². The fourth-order valence-electron chi connectivity index (χ4n) is 4.71. The minimum atomic E-state index is -0.889. The molecule has 0 spiro atoms. The van der Waals surface area contributed by atoms with Gasteiger partial charge in [0.2, 0.25) is 0 Å². The molecule has 1 aliphatic carbocycles. The van der Waals surface area contributed by atoms with Crippen LogP contribution in [-0.4, -0.2) is 58.7 Å². The van der Waals surface area contributed by atoms with Crippen molar-refractivity contribution in [2.75, 3.05) is 13.1 Å². The number of imide groups is 1. The first-order chi connectivity index (χ1) is 14.5. The molecule has 1 atom stereocenters. The third-order valence-corrected chi connectivity index (χ3v) is 6.39. The second-order valence-corrected chi connectivity index (χ2v) is 8.47. The topological polar surface area (TPSA) is 84.0 Å². The molecule has 0 radical (unpaired) electrons. The van der Waals surface area contributed by atoms with E-state index in [4.69, 9.17) is 4.74 Å². The molecule has 1 saturated carbocycles. The Bertz CT molecular complexity index is 868. The zero-order valence-electron chi connectivity index (χ0n) is 17.4. The van der Waals surface area contributed by atoms with E-state index in [0.29, 0.717) is 18.7 Å². The van der Waals surface area contributed by atoms with Crippen LogP contribution in [0.1, 0.15) is 89.4 Å². The third-order valence-electron chi connectivity index (χ3n) is 6.39. The molecular weight excluding hydrogens is 384 g/mol. The Hall–Kier alpha value is -2.70. The van der Waals surface area contributed by atoms with Gasteiger partial charge in [0.25, 0.3) is 17.7 Å². The highest BCUT2D eigenvalue weighted by molar-refractivity contribution is 6.22. The van der Waals surface area contributed by atoms with E-state index in [0.717, 1.165) is 51.4 Å². The van der Waals surface area contributed by atoms with Gasteiger partial charge in [0.15, 0.2) is 6.10 Å². The Kier molecular flexibility index (Phi) is 5.88. The monoisotopic (exact) mass is 412 g/mol. The Morgan fingerprint density at radius 2 is 1.57 bits per heavy atom. The standard InChI is InChI=1S/C23H28N2O5/c1-15(20(26)24-12-6-3-7-13-24)30-23(29)16-10-11-18-19(14-16)22(28)25(21(18)27)17-8-4-2-5-9-17/h10-11,14-15,17H,2-9,12-13H2,1H3/t15-/m1/s1. The maximum Gasteiger partial charge on any atom is 0.338 e. The number of fused-ring (bicyclic) bond motifs is 1. The summed E-state index contributed by atoms with van der Waals surface area (Å²) < 4.78 is 5.38. The molecule has 30 heavy (non-hydrogen) atoms. The van der Waals surface area contributed by atoms with E-state index in [1.165, 1.54) is 23.1 Å². The second kappa shape index (κ2) is 8.58. The van der Waals surface area contributed by atoms with Crippen molar-refractivity contribution < 1.29 is 23.9 Å². The Balaban J connectivity index is 1.46. The molecule has 0 N–H and O–H groups in total. The van der Waals surface area contributed by atoms with E-state index >= 15 is 0 Å². The molecular formula is C23H28N2O5. The van der Waals surface area contributed by atoms with Gasteiger partial charge in [-0.05, 0) is 57.2 Å². The number of likely N-dealkylation sites (tertiary alicyclic amines) is 1. The van der Waals surface area contributed by atoms with Crippen LogP contribution in [0.4, 0.5) is 0 Å². The largest absolute Gasteiger partial charge is 0.449 e. The van der Waals surface area contributed by atoms with E-state index in [-0.39, 0.29) is 34.9 Å². The number of carbonyl (C=O) groups excluding carboxylic acids is 4. The molecule has 160 valence electrons. The van der Waals surface area contributed by atoms with Crippen molar-refractivity contribution in [3.05, 3.63) is 34.9 Å². The molecule has 1 aromatic rings. The van der Waals surface area contributed by atoms with Crippen LogP contribution < -0.4 is 0 Å². The molecule has 3 aliphatic rings. The number of rotatable bonds is 4. The summed E-state index contributed by atoms with van der Waals surface area (Å²) in [6.45, 7) is 2.95. The number of esters is 1. The normalized spacial score (nSPS) is 20.8. The smallest absolute Gasteiger partial charge is 0.338 e. The molecule has 1 saturated heterocycles. The molecule has 7 heteroatoms. The van der Waals surface area contributed by atoms with Gasteiger partial charge in [-0.2, -0.15) is 0 Å². The lowest BCUT2D eigenvalue weighted by Gasteiger charge is -2.29. The molecule has 0 unspecified atom stereocenters. The number of piperidine rings is 1. The van der Waals surface area contributed by atoms with Crippen LogP contribution in [-0.2, 0) is 9.53 Å². The minimum Gasteiger partial charge on any atom is -0.449 e. The van der Waals surface area contributed by atoms with Crippen molar-refractivity contribution in [1.82, 2.24) is 9.80 Å². The van der Waals surface area contributed by atoms with Gasteiger partial charge in [-0.3, -0.25) is 19.3 Å². The summed E-state index contributed by atoms with van der Waals surface area (Å²) in [5, 5.41) is 0. The minimum absolute atomic E-state index is 0.0660. The summed E-state index contributed by atoms with van der Waals surface area (Å²) >= 11 is 0. The van der Waals surface area contributed by atoms with E-state index in [1.807, 2.05) is 0 Å². The summed E-state index contributed by atoms with van der Waals surface area (Å²) in [7, 11) is 0. The number of amides is 3. The van der Waals surface area contributed by atoms with Gasteiger partial charge in [0.05, 0.1) is 16.7 Å². The SMILES string of the molecule is C[C@@H](OC(=O)c1ccc2c(c1)C(=O)N(C1CCCCC1)C2=O)C(=O)N1CCCCC1. The molecule has 4 rings (SSSR count). The summed E-state index contributed by atoms with van der Waals surface area (Å²) in [5.74, 6) is -1.48. The van der Waals surface area contributed by atoms with Gasteiger partial charge in [-0.25, -0.2) is 4.79 Å². The molecule has 1 aromatic carbocycles. The number of nitrogens with zero attached hydrogens (tertiary/aromatic N) is 2. The summed E-state index contributed by atoms with van der Waals surface area (Å²) in [4.78, 5) is 53.9. The van der Waals surface area contributed by atoms with Gasteiger partial charge in [-0.15, -0.1) is 0 Å². The maximum atomic E-state index is 12.9. The first-order valence-electron chi connectivity index (χ1n) is 11.0. The van der Waals surface area contributed by atoms with Gasteiger partial charge < -0.3 is 9.64 Å². The zero-order valence-corrected chi connectivity index (χ0v) is 17.4.